The second-order valence-corrected chi connectivity index (χ2v) is 9.06. The predicted octanol–water partition coefficient (Wildman–Crippen LogP) is 3.21. The lowest BCUT2D eigenvalue weighted by Crippen LogP contribution is -2.44. The van der Waals surface area contributed by atoms with Crippen LogP contribution in [0.5, 0.6) is 0 Å². The lowest BCUT2D eigenvalue weighted by atomic mass is 10.2. The average Bonchev–Trinajstić information content (AvgIpc) is 3.36. The smallest absolute Gasteiger partial charge is 0.248 e. The summed E-state index contributed by atoms with van der Waals surface area (Å²) in [6.45, 7) is 1.53. The van der Waals surface area contributed by atoms with Gasteiger partial charge in [0.2, 0.25) is 11.8 Å². The van der Waals surface area contributed by atoms with Crippen molar-refractivity contribution in [3.05, 3.63) is 52.9 Å². The van der Waals surface area contributed by atoms with Crippen molar-refractivity contribution in [1.29, 1.82) is 0 Å². The number of halogens is 2. The fraction of sp³-hybridized carbons (Fsp3) is 0.261. The molecule has 1 aliphatic rings. The van der Waals surface area contributed by atoms with E-state index < -0.39 is 18.1 Å². The number of fused-ring (bicyclic) bond motifs is 3. The van der Waals surface area contributed by atoms with Crippen LogP contribution < -0.4 is 11.1 Å². The first-order valence-electron chi connectivity index (χ1n) is 10.7. The minimum atomic E-state index is -1.30. The van der Waals surface area contributed by atoms with Gasteiger partial charge in [0.1, 0.15) is 47.0 Å². The molecule has 1 saturated heterocycles. The summed E-state index contributed by atoms with van der Waals surface area (Å²) in [5.74, 6) is -0.190. The lowest BCUT2D eigenvalue weighted by Gasteiger charge is -2.24. The first-order chi connectivity index (χ1) is 16.3. The van der Waals surface area contributed by atoms with Crippen molar-refractivity contribution >= 4 is 61.3 Å². The maximum absolute atomic E-state index is 14.4. The number of likely N-dealkylation sites (tertiary alicyclic amines) is 1. The molecule has 0 bridgehead atoms. The zero-order chi connectivity index (χ0) is 24.0. The molecule has 0 aliphatic carbocycles. The van der Waals surface area contributed by atoms with Gasteiger partial charge in [-0.2, -0.15) is 0 Å². The number of nitrogen functional groups attached to an aromatic ring is 1. The second-order valence-electron chi connectivity index (χ2n) is 8.24. The molecule has 0 saturated carbocycles. The minimum absolute atomic E-state index is 0.0765. The van der Waals surface area contributed by atoms with Gasteiger partial charge in [-0.1, -0.05) is 24.3 Å². The Bertz CT molecular complexity index is 1440. The van der Waals surface area contributed by atoms with Crippen molar-refractivity contribution in [3.8, 4) is 0 Å². The molecular weight excluding hydrogens is 505 g/mol. The third-order valence-electron chi connectivity index (χ3n) is 6.05. The standard InChI is InChI=1S/C23H21BrFN7O2/c1-12-6-7-17(24)29-21(12)30-23(34)16-8-13(25)9-31(16)18(33)10-32-15-5-3-2-4-14(15)19-20(26)27-11-28-22(19)32/h2-7,11,13,16H,8-10H2,1H3,(H2,26,27,28)(H,29,30,34)/t13-,16-/m1/s1. The van der Waals surface area contributed by atoms with E-state index in [0.717, 1.165) is 16.5 Å². The average molecular weight is 526 g/mol. The summed E-state index contributed by atoms with van der Waals surface area (Å²) >= 11 is 3.28. The SMILES string of the molecule is Cc1ccc(Br)nc1NC(=O)[C@H]1C[C@@H](F)CN1C(=O)Cn1c2ccccc2c2c(N)ncnc21. The molecule has 11 heteroatoms. The maximum atomic E-state index is 14.4. The molecule has 174 valence electrons. The number of alkyl halides is 1. The molecule has 0 unspecified atom stereocenters. The molecule has 1 fully saturated rings. The van der Waals surface area contributed by atoms with Gasteiger partial charge in [-0.15, -0.1) is 0 Å². The number of hydrogen-bond acceptors (Lipinski definition) is 6. The monoisotopic (exact) mass is 525 g/mol. The molecule has 1 aromatic carbocycles. The number of para-hydroxylation sites is 1. The van der Waals surface area contributed by atoms with Crippen LogP contribution in [0.1, 0.15) is 12.0 Å². The number of aromatic nitrogens is 4. The van der Waals surface area contributed by atoms with E-state index in [-0.39, 0.29) is 25.4 Å². The van der Waals surface area contributed by atoms with Crippen LogP contribution in [0, 0.1) is 6.92 Å². The van der Waals surface area contributed by atoms with Gasteiger partial charge in [-0.05, 0) is 40.5 Å². The molecule has 4 aromatic rings. The van der Waals surface area contributed by atoms with E-state index in [1.54, 1.807) is 23.6 Å². The Hall–Kier alpha value is -3.60. The number of hydrogen-bond donors (Lipinski definition) is 2. The van der Waals surface area contributed by atoms with Crippen LogP contribution >= 0.6 is 15.9 Å². The van der Waals surface area contributed by atoms with Gasteiger partial charge in [-0.3, -0.25) is 9.59 Å². The van der Waals surface area contributed by atoms with Crippen molar-refractivity contribution in [2.75, 3.05) is 17.6 Å². The largest absolute Gasteiger partial charge is 0.383 e. The third kappa shape index (κ3) is 3.85. The van der Waals surface area contributed by atoms with E-state index in [1.165, 1.54) is 11.2 Å². The first kappa shape index (κ1) is 22.2. The number of carbonyl (C=O) groups is 2. The van der Waals surface area contributed by atoms with Crippen LogP contribution in [0.15, 0.2) is 47.3 Å². The van der Waals surface area contributed by atoms with Gasteiger partial charge in [0.15, 0.2) is 0 Å². The summed E-state index contributed by atoms with van der Waals surface area (Å²) in [7, 11) is 0. The number of nitrogens with two attached hydrogens (primary N) is 1. The third-order valence-corrected chi connectivity index (χ3v) is 6.49. The van der Waals surface area contributed by atoms with E-state index in [1.807, 2.05) is 24.3 Å². The molecule has 2 atom stereocenters. The topological polar surface area (TPSA) is 119 Å². The number of anilines is 2. The predicted molar refractivity (Wildman–Crippen MR) is 130 cm³/mol. The number of carbonyl (C=O) groups excluding carboxylic acids is 2. The van der Waals surface area contributed by atoms with Crippen LogP contribution in [-0.2, 0) is 16.1 Å². The minimum Gasteiger partial charge on any atom is -0.383 e. The molecule has 2 amide bonds. The van der Waals surface area contributed by atoms with Crippen molar-refractivity contribution in [2.24, 2.45) is 0 Å². The number of aryl methyl sites for hydroxylation is 1. The fourth-order valence-corrected chi connectivity index (χ4v) is 4.72. The summed E-state index contributed by atoms with van der Waals surface area (Å²) in [6, 6.07) is 10.1. The Morgan fingerprint density at radius 2 is 2.03 bits per heavy atom. The fourth-order valence-electron chi connectivity index (χ4n) is 4.41. The summed E-state index contributed by atoms with van der Waals surface area (Å²) in [5.41, 5.74) is 8.11. The summed E-state index contributed by atoms with van der Waals surface area (Å²) in [6.07, 6.45) is -0.0334. The zero-order valence-corrected chi connectivity index (χ0v) is 19.8. The zero-order valence-electron chi connectivity index (χ0n) is 18.2. The number of benzene rings is 1. The molecule has 5 rings (SSSR count). The lowest BCUT2D eigenvalue weighted by molar-refractivity contribution is -0.137. The van der Waals surface area contributed by atoms with E-state index in [4.69, 9.17) is 5.73 Å². The summed E-state index contributed by atoms with van der Waals surface area (Å²) < 4.78 is 16.7. The Kier molecular flexibility index (Phi) is 5.64. The molecule has 4 heterocycles. The van der Waals surface area contributed by atoms with Gasteiger partial charge < -0.3 is 20.5 Å². The normalized spacial score (nSPS) is 18.0. The van der Waals surface area contributed by atoms with Crippen LogP contribution in [0.2, 0.25) is 0 Å². The summed E-state index contributed by atoms with van der Waals surface area (Å²) in [5, 5.41) is 4.21. The first-order valence-corrected chi connectivity index (χ1v) is 11.5. The number of pyridine rings is 1. The van der Waals surface area contributed by atoms with E-state index in [0.29, 0.717) is 27.3 Å². The van der Waals surface area contributed by atoms with E-state index in [2.05, 4.69) is 36.2 Å². The molecule has 0 radical (unpaired) electrons. The highest BCUT2D eigenvalue weighted by atomic mass is 79.9. The molecule has 34 heavy (non-hydrogen) atoms. The Morgan fingerprint density at radius 3 is 2.85 bits per heavy atom. The Morgan fingerprint density at radius 1 is 1.24 bits per heavy atom. The van der Waals surface area contributed by atoms with E-state index >= 15 is 0 Å². The van der Waals surface area contributed by atoms with Crippen LogP contribution in [-0.4, -0.2) is 55.0 Å². The van der Waals surface area contributed by atoms with Gasteiger partial charge in [0.25, 0.3) is 0 Å². The molecule has 3 aromatic heterocycles. The number of nitrogens with zero attached hydrogens (tertiary/aromatic N) is 5. The van der Waals surface area contributed by atoms with Crippen LogP contribution in [0.25, 0.3) is 21.9 Å². The summed E-state index contributed by atoms with van der Waals surface area (Å²) in [4.78, 5) is 40.4. The highest BCUT2D eigenvalue weighted by Gasteiger charge is 2.40. The quantitative estimate of drug-likeness (QED) is 0.395. The van der Waals surface area contributed by atoms with Crippen molar-refractivity contribution in [1.82, 2.24) is 24.4 Å². The van der Waals surface area contributed by atoms with Gasteiger partial charge >= 0.3 is 0 Å². The van der Waals surface area contributed by atoms with Crippen LogP contribution in [0.4, 0.5) is 16.0 Å². The molecule has 9 nitrogen and oxygen atoms in total. The number of rotatable bonds is 4. The molecular formula is C23H21BrFN7O2. The second kappa shape index (κ2) is 8.64. The number of amides is 2. The van der Waals surface area contributed by atoms with Gasteiger partial charge in [0, 0.05) is 11.8 Å². The highest BCUT2D eigenvalue weighted by molar-refractivity contribution is 9.10. The molecule has 1 aliphatic heterocycles. The van der Waals surface area contributed by atoms with Gasteiger partial charge in [-0.25, -0.2) is 19.3 Å². The Balaban J connectivity index is 1.45. The molecule has 0 spiro atoms. The van der Waals surface area contributed by atoms with Crippen LogP contribution in [0.3, 0.4) is 0 Å². The Labute approximate surface area is 202 Å². The van der Waals surface area contributed by atoms with Crippen molar-refractivity contribution in [3.63, 3.8) is 0 Å². The van der Waals surface area contributed by atoms with Crippen molar-refractivity contribution in [2.45, 2.75) is 32.1 Å². The highest BCUT2D eigenvalue weighted by Crippen LogP contribution is 2.31. The van der Waals surface area contributed by atoms with Crippen molar-refractivity contribution < 1.29 is 14.0 Å². The van der Waals surface area contributed by atoms with E-state index in [9.17, 15) is 14.0 Å². The molecule has 3 N–H and O–H groups in total. The van der Waals surface area contributed by atoms with Gasteiger partial charge in [0.05, 0.1) is 17.4 Å². The maximum Gasteiger partial charge on any atom is 0.248 e. The number of nitrogens with one attached hydrogen (secondary N) is 1.